The number of hydrogen-bond donors (Lipinski definition) is 1. The predicted octanol–water partition coefficient (Wildman–Crippen LogP) is 2.40. The molecule has 0 bridgehead atoms. The molecule has 0 aliphatic heterocycles. The van der Waals surface area contributed by atoms with Crippen molar-refractivity contribution < 1.29 is 9.90 Å². The van der Waals surface area contributed by atoms with Crippen LogP contribution in [0.2, 0.25) is 0 Å². The maximum Gasteiger partial charge on any atom is 0.339 e. The lowest BCUT2D eigenvalue weighted by Gasteiger charge is -2.15. The Bertz CT molecular complexity index is 374. The average molecular weight is 242 g/mol. The number of carboxylic acids is 1. The molecule has 1 atom stereocenters. The van der Waals surface area contributed by atoms with Crippen molar-refractivity contribution in [3.05, 3.63) is 17.5 Å². The highest BCUT2D eigenvalue weighted by Crippen LogP contribution is 2.24. The number of thioether (sulfide) groups is 1. The molecule has 0 saturated heterocycles. The van der Waals surface area contributed by atoms with Crippen LogP contribution in [0.1, 0.15) is 36.8 Å². The first-order valence-electron chi connectivity index (χ1n) is 5.29. The van der Waals surface area contributed by atoms with E-state index in [0.717, 1.165) is 5.69 Å². The molecule has 0 fully saturated rings. The van der Waals surface area contributed by atoms with Gasteiger partial charge in [-0.1, -0.05) is 20.8 Å². The Morgan fingerprint density at radius 1 is 1.56 bits per heavy atom. The minimum absolute atomic E-state index is 0.311. The Kier molecular flexibility index (Phi) is 4.41. The molecule has 0 aromatic carbocycles. The zero-order chi connectivity index (χ0) is 12.3. The van der Waals surface area contributed by atoms with Gasteiger partial charge < -0.3 is 5.11 Å². The van der Waals surface area contributed by atoms with E-state index in [-0.39, 0.29) is 0 Å². The Morgan fingerprint density at radius 3 is 2.69 bits per heavy atom. The maximum atomic E-state index is 11.0. The third-order valence-electron chi connectivity index (χ3n) is 2.71. The van der Waals surface area contributed by atoms with Gasteiger partial charge in [0.1, 0.15) is 5.56 Å². The number of hydrogen-bond acceptors (Lipinski definition) is 3. The molecular weight excluding hydrogens is 224 g/mol. The van der Waals surface area contributed by atoms with Gasteiger partial charge in [-0.3, -0.25) is 4.68 Å². The maximum absolute atomic E-state index is 11.0. The molecule has 16 heavy (non-hydrogen) atoms. The van der Waals surface area contributed by atoms with Gasteiger partial charge in [0.25, 0.3) is 0 Å². The van der Waals surface area contributed by atoms with Crippen LogP contribution in [0.3, 0.4) is 0 Å². The molecule has 1 unspecified atom stereocenters. The standard InChI is InChI=1S/C11H18N2O2S/c1-7(2)8(3)16-6-10-9(11(14)15)5-12-13(10)4/h5,7-8H,6H2,1-4H3,(H,14,15). The van der Waals surface area contributed by atoms with Crippen molar-refractivity contribution in [2.75, 3.05) is 0 Å². The first-order chi connectivity index (χ1) is 7.43. The molecule has 1 aromatic rings. The zero-order valence-corrected chi connectivity index (χ0v) is 10.9. The Hall–Kier alpha value is -0.970. The highest BCUT2D eigenvalue weighted by atomic mass is 32.2. The normalized spacial score (nSPS) is 13.1. The molecule has 1 aromatic heterocycles. The molecule has 0 amide bonds. The molecule has 1 rings (SSSR count). The van der Waals surface area contributed by atoms with Crippen molar-refractivity contribution in [2.24, 2.45) is 13.0 Å². The molecule has 5 heteroatoms. The Labute approximate surface area is 100 Å². The molecule has 4 nitrogen and oxygen atoms in total. The lowest BCUT2D eigenvalue weighted by Crippen LogP contribution is -2.09. The molecule has 0 aliphatic carbocycles. The van der Waals surface area contributed by atoms with Crippen LogP contribution in [0.25, 0.3) is 0 Å². The van der Waals surface area contributed by atoms with Crippen molar-refractivity contribution in [3.8, 4) is 0 Å². The van der Waals surface area contributed by atoms with Crippen LogP contribution in [0.15, 0.2) is 6.20 Å². The van der Waals surface area contributed by atoms with Crippen LogP contribution >= 0.6 is 11.8 Å². The molecule has 1 N–H and O–H groups in total. The second-order valence-corrected chi connectivity index (χ2v) is 5.56. The molecule has 0 radical (unpaired) electrons. The van der Waals surface area contributed by atoms with Crippen molar-refractivity contribution in [1.82, 2.24) is 9.78 Å². The van der Waals surface area contributed by atoms with Crippen LogP contribution in [-0.2, 0) is 12.8 Å². The van der Waals surface area contributed by atoms with E-state index in [4.69, 9.17) is 5.11 Å². The quantitative estimate of drug-likeness (QED) is 0.861. The molecule has 90 valence electrons. The Morgan fingerprint density at radius 2 is 2.19 bits per heavy atom. The first-order valence-corrected chi connectivity index (χ1v) is 6.34. The minimum atomic E-state index is -0.902. The van der Waals surface area contributed by atoms with Crippen LogP contribution in [0, 0.1) is 5.92 Å². The first kappa shape index (κ1) is 13.1. The predicted molar refractivity (Wildman–Crippen MR) is 65.8 cm³/mol. The lowest BCUT2D eigenvalue weighted by atomic mass is 10.2. The summed E-state index contributed by atoms with van der Waals surface area (Å²) in [6.45, 7) is 6.49. The van der Waals surface area contributed by atoms with Gasteiger partial charge in [0.15, 0.2) is 0 Å². The lowest BCUT2D eigenvalue weighted by molar-refractivity contribution is 0.0696. The Balaban J connectivity index is 2.73. The molecule has 0 aliphatic rings. The highest BCUT2D eigenvalue weighted by molar-refractivity contribution is 7.99. The van der Waals surface area contributed by atoms with Crippen molar-refractivity contribution in [3.63, 3.8) is 0 Å². The summed E-state index contributed by atoms with van der Waals surface area (Å²) in [4.78, 5) is 11.0. The number of aryl methyl sites for hydroxylation is 1. The van der Waals surface area contributed by atoms with E-state index >= 15 is 0 Å². The van der Waals surface area contributed by atoms with E-state index < -0.39 is 5.97 Å². The van der Waals surface area contributed by atoms with Gasteiger partial charge in [0.2, 0.25) is 0 Å². The third-order valence-corrected chi connectivity index (χ3v) is 4.22. The smallest absolute Gasteiger partial charge is 0.339 e. The van der Waals surface area contributed by atoms with Gasteiger partial charge in [0.05, 0.1) is 11.9 Å². The summed E-state index contributed by atoms with van der Waals surface area (Å²) in [5.41, 5.74) is 1.09. The van der Waals surface area contributed by atoms with Gasteiger partial charge in [-0.05, 0) is 5.92 Å². The largest absolute Gasteiger partial charge is 0.478 e. The monoisotopic (exact) mass is 242 g/mol. The number of rotatable bonds is 5. The fraction of sp³-hybridized carbons (Fsp3) is 0.636. The van der Waals surface area contributed by atoms with Crippen molar-refractivity contribution >= 4 is 17.7 Å². The van der Waals surface area contributed by atoms with Gasteiger partial charge >= 0.3 is 5.97 Å². The summed E-state index contributed by atoms with van der Waals surface area (Å²) in [5.74, 6) is 0.379. The van der Waals surface area contributed by atoms with Crippen molar-refractivity contribution in [2.45, 2.75) is 31.8 Å². The number of carbonyl (C=O) groups is 1. The van der Waals surface area contributed by atoms with Crippen LogP contribution in [0.5, 0.6) is 0 Å². The van der Waals surface area contributed by atoms with Crippen molar-refractivity contribution in [1.29, 1.82) is 0 Å². The van der Waals surface area contributed by atoms with Crippen LogP contribution < -0.4 is 0 Å². The average Bonchev–Trinajstić information content (AvgIpc) is 2.56. The van der Waals surface area contributed by atoms with E-state index in [1.165, 1.54) is 6.20 Å². The summed E-state index contributed by atoms with van der Waals surface area (Å²) in [6.07, 6.45) is 1.41. The summed E-state index contributed by atoms with van der Waals surface area (Å²) < 4.78 is 1.64. The fourth-order valence-corrected chi connectivity index (χ4v) is 2.36. The molecule has 0 spiro atoms. The number of aromatic nitrogens is 2. The van der Waals surface area contributed by atoms with E-state index in [1.807, 2.05) is 0 Å². The third kappa shape index (κ3) is 3.01. The summed E-state index contributed by atoms with van der Waals surface area (Å²) >= 11 is 1.76. The number of nitrogens with zero attached hydrogens (tertiary/aromatic N) is 2. The highest BCUT2D eigenvalue weighted by Gasteiger charge is 2.16. The summed E-state index contributed by atoms with van der Waals surface area (Å²) in [7, 11) is 1.78. The summed E-state index contributed by atoms with van der Waals surface area (Å²) in [5, 5.41) is 13.5. The number of carboxylic acid groups (broad SMARTS) is 1. The van der Waals surface area contributed by atoms with E-state index in [1.54, 1.807) is 23.5 Å². The van der Waals surface area contributed by atoms with Gasteiger partial charge in [-0.2, -0.15) is 16.9 Å². The topological polar surface area (TPSA) is 55.1 Å². The SMILES string of the molecule is CC(C)C(C)SCc1c(C(=O)O)cnn1C. The number of aromatic carboxylic acids is 1. The van der Waals surface area contributed by atoms with E-state index in [0.29, 0.717) is 22.5 Å². The summed E-state index contributed by atoms with van der Waals surface area (Å²) in [6, 6.07) is 0. The van der Waals surface area contributed by atoms with Gasteiger partial charge in [-0.25, -0.2) is 4.79 Å². The van der Waals surface area contributed by atoms with E-state index in [9.17, 15) is 4.79 Å². The molecular formula is C11H18N2O2S. The molecule has 0 saturated carbocycles. The zero-order valence-electron chi connectivity index (χ0n) is 10.1. The van der Waals surface area contributed by atoms with E-state index in [2.05, 4.69) is 25.9 Å². The second-order valence-electron chi connectivity index (χ2n) is 4.19. The van der Waals surface area contributed by atoms with Crippen LogP contribution in [0.4, 0.5) is 0 Å². The second kappa shape index (κ2) is 5.39. The van der Waals surface area contributed by atoms with Crippen LogP contribution in [-0.4, -0.2) is 26.1 Å². The fourth-order valence-electron chi connectivity index (χ4n) is 1.22. The minimum Gasteiger partial charge on any atom is -0.478 e. The molecule has 1 heterocycles. The van der Waals surface area contributed by atoms with Gasteiger partial charge in [-0.15, -0.1) is 0 Å². The van der Waals surface area contributed by atoms with Gasteiger partial charge in [0, 0.05) is 18.1 Å².